The van der Waals surface area contributed by atoms with E-state index in [1.54, 1.807) is 11.8 Å². The van der Waals surface area contributed by atoms with Crippen molar-refractivity contribution >= 4 is 25.1 Å². The molecule has 1 aromatic rings. The normalized spacial score (nSPS) is 22.0. The van der Waals surface area contributed by atoms with Crippen LogP contribution in [0.25, 0.3) is 0 Å². The SMILES string of the molecule is Bc1ccc([C@H](C)NC(=O)[C@H](O)[C@@H](O)C(=O)N2CCC3(CCCNC3)CC2)cc1. The molecule has 0 aliphatic carbocycles. The minimum absolute atomic E-state index is 0.236. The molecule has 0 bridgehead atoms. The van der Waals surface area contributed by atoms with Gasteiger partial charge in [-0.1, -0.05) is 29.7 Å². The zero-order valence-electron chi connectivity index (χ0n) is 17.4. The minimum atomic E-state index is -1.79. The van der Waals surface area contributed by atoms with Gasteiger partial charge in [0.1, 0.15) is 7.85 Å². The largest absolute Gasteiger partial charge is 0.380 e. The van der Waals surface area contributed by atoms with Gasteiger partial charge in [0, 0.05) is 19.6 Å². The van der Waals surface area contributed by atoms with Crippen molar-refractivity contribution in [3.05, 3.63) is 29.8 Å². The number of benzene rings is 1. The first-order valence-corrected chi connectivity index (χ1v) is 10.5. The van der Waals surface area contributed by atoms with Crippen LogP contribution in [0.2, 0.25) is 0 Å². The summed E-state index contributed by atoms with van der Waals surface area (Å²) in [4.78, 5) is 26.6. The third kappa shape index (κ3) is 5.18. The average molecular weight is 401 g/mol. The molecule has 2 fully saturated rings. The molecule has 2 heterocycles. The number of aliphatic hydroxyl groups excluding tert-OH is 2. The van der Waals surface area contributed by atoms with E-state index in [0.717, 1.165) is 49.8 Å². The van der Waals surface area contributed by atoms with Gasteiger partial charge in [0.05, 0.1) is 6.04 Å². The molecule has 0 aromatic heterocycles. The number of hydrogen-bond acceptors (Lipinski definition) is 5. The van der Waals surface area contributed by atoms with Crippen LogP contribution in [0.5, 0.6) is 0 Å². The highest BCUT2D eigenvalue weighted by Gasteiger charge is 2.40. The second-order valence-electron chi connectivity index (χ2n) is 8.64. The molecule has 2 saturated heterocycles. The third-order valence-electron chi connectivity index (χ3n) is 6.45. The number of nitrogens with one attached hydrogen (secondary N) is 2. The summed E-state index contributed by atoms with van der Waals surface area (Å²) in [5.74, 6) is -1.32. The molecule has 2 aliphatic heterocycles. The van der Waals surface area contributed by atoms with Crippen molar-refractivity contribution in [1.82, 2.24) is 15.5 Å². The minimum Gasteiger partial charge on any atom is -0.380 e. The predicted octanol–water partition coefficient (Wildman–Crippen LogP) is -1.16. The van der Waals surface area contributed by atoms with Gasteiger partial charge in [-0.3, -0.25) is 9.59 Å². The van der Waals surface area contributed by atoms with Gasteiger partial charge in [-0.15, -0.1) is 0 Å². The maximum absolute atomic E-state index is 12.6. The molecule has 1 aromatic carbocycles. The molecule has 2 aliphatic rings. The first-order chi connectivity index (χ1) is 13.8. The Kier molecular flexibility index (Phi) is 6.98. The van der Waals surface area contributed by atoms with Crippen molar-refractivity contribution in [3.8, 4) is 0 Å². The summed E-state index contributed by atoms with van der Waals surface area (Å²) >= 11 is 0. The van der Waals surface area contributed by atoms with Crippen molar-refractivity contribution in [2.45, 2.75) is 50.9 Å². The Hall–Kier alpha value is -1.90. The molecule has 8 heteroatoms. The van der Waals surface area contributed by atoms with E-state index in [0.29, 0.717) is 13.1 Å². The third-order valence-corrected chi connectivity index (χ3v) is 6.45. The van der Waals surface area contributed by atoms with Crippen molar-refractivity contribution in [1.29, 1.82) is 0 Å². The average Bonchev–Trinajstić information content (AvgIpc) is 2.73. The Morgan fingerprint density at radius 2 is 1.79 bits per heavy atom. The van der Waals surface area contributed by atoms with Gasteiger partial charge in [0.25, 0.3) is 11.8 Å². The lowest BCUT2D eigenvalue weighted by atomic mass is 9.73. The molecule has 4 N–H and O–H groups in total. The highest BCUT2D eigenvalue weighted by molar-refractivity contribution is 6.32. The number of rotatable bonds is 5. The maximum atomic E-state index is 12.6. The fourth-order valence-electron chi connectivity index (χ4n) is 4.36. The zero-order valence-corrected chi connectivity index (χ0v) is 17.4. The van der Waals surface area contributed by atoms with Gasteiger partial charge in [-0.05, 0) is 50.1 Å². The number of hydrogen-bond donors (Lipinski definition) is 4. The molecular weight excluding hydrogens is 369 g/mol. The van der Waals surface area contributed by atoms with E-state index in [-0.39, 0.29) is 11.5 Å². The molecular formula is C21H32BN3O4. The summed E-state index contributed by atoms with van der Waals surface area (Å²) < 4.78 is 0. The first kappa shape index (κ1) is 21.8. The second-order valence-corrected chi connectivity index (χ2v) is 8.64. The molecule has 7 nitrogen and oxygen atoms in total. The maximum Gasteiger partial charge on any atom is 0.254 e. The van der Waals surface area contributed by atoms with Crippen LogP contribution in [0.3, 0.4) is 0 Å². The van der Waals surface area contributed by atoms with E-state index in [4.69, 9.17) is 0 Å². The Morgan fingerprint density at radius 3 is 2.38 bits per heavy atom. The number of likely N-dealkylation sites (tertiary alicyclic amines) is 1. The second kappa shape index (κ2) is 9.28. The van der Waals surface area contributed by atoms with Crippen LogP contribution in [-0.2, 0) is 9.59 Å². The highest BCUT2D eigenvalue weighted by Crippen LogP contribution is 2.37. The Bertz CT molecular complexity index is 711. The molecule has 3 rings (SSSR count). The molecule has 0 unspecified atom stereocenters. The summed E-state index contributed by atoms with van der Waals surface area (Å²) in [6, 6.07) is 7.35. The molecule has 158 valence electrons. The number of amides is 2. The Balaban J connectivity index is 1.52. The lowest BCUT2D eigenvalue weighted by Crippen LogP contribution is -2.55. The van der Waals surface area contributed by atoms with Crippen molar-refractivity contribution in [2.75, 3.05) is 26.2 Å². The van der Waals surface area contributed by atoms with Gasteiger partial charge in [-0.25, -0.2) is 0 Å². The quantitative estimate of drug-likeness (QED) is 0.466. The van der Waals surface area contributed by atoms with E-state index in [9.17, 15) is 19.8 Å². The standard InChI is InChI=1S/C21H32BN3O4/c1-14(15-3-5-16(22)6-4-15)24-19(28)17(26)18(27)20(29)25-11-8-21(9-12-25)7-2-10-23-13-21/h3-6,14,17-18,23,26-27H,2,7-13,22H2,1H3,(H,24,28)/t14-,17+,18+/m0/s1. The van der Waals surface area contributed by atoms with Gasteiger partial charge in [-0.2, -0.15) is 0 Å². The van der Waals surface area contributed by atoms with Crippen LogP contribution in [0.1, 0.15) is 44.2 Å². The number of nitrogens with zero attached hydrogens (tertiary/aromatic N) is 1. The predicted molar refractivity (Wildman–Crippen MR) is 114 cm³/mol. The molecule has 1 spiro atoms. The van der Waals surface area contributed by atoms with E-state index in [1.165, 1.54) is 0 Å². The smallest absolute Gasteiger partial charge is 0.254 e. The molecule has 2 amide bonds. The van der Waals surface area contributed by atoms with Crippen LogP contribution in [0, 0.1) is 5.41 Å². The Labute approximate surface area is 173 Å². The van der Waals surface area contributed by atoms with E-state index >= 15 is 0 Å². The van der Waals surface area contributed by atoms with E-state index < -0.39 is 24.0 Å². The van der Waals surface area contributed by atoms with Gasteiger partial charge in [0.2, 0.25) is 0 Å². The lowest BCUT2D eigenvalue weighted by Gasteiger charge is -2.44. The zero-order chi connectivity index (χ0) is 21.0. The summed E-state index contributed by atoms with van der Waals surface area (Å²) in [6.07, 6.45) is 0.527. The van der Waals surface area contributed by atoms with Crippen LogP contribution in [0.4, 0.5) is 0 Å². The molecule has 0 radical (unpaired) electrons. The lowest BCUT2D eigenvalue weighted by molar-refractivity contribution is -0.155. The van der Waals surface area contributed by atoms with Crippen LogP contribution >= 0.6 is 0 Å². The van der Waals surface area contributed by atoms with Crippen molar-refractivity contribution < 1.29 is 19.8 Å². The van der Waals surface area contributed by atoms with Crippen molar-refractivity contribution in [3.63, 3.8) is 0 Å². The molecule has 3 atom stereocenters. The summed E-state index contributed by atoms with van der Waals surface area (Å²) in [6.45, 7) is 4.91. The topological polar surface area (TPSA) is 102 Å². The Morgan fingerprint density at radius 1 is 1.14 bits per heavy atom. The van der Waals surface area contributed by atoms with Gasteiger partial charge < -0.3 is 25.7 Å². The van der Waals surface area contributed by atoms with E-state index in [2.05, 4.69) is 10.6 Å². The number of piperidine rings is 2. The number of carbonyl (C=O) groups is 2. The van der Waals surface area contributed by atoms with Crippen LogP contribution in [-0.4, -0.2) is 73.2 Å². The number of carbonyl (C=O) groups excluding carboxylic acids is 2. The monoisotopic (exact) mass is 401 g/mol. The first-order valence-electron chi connectivity index (χ1n) is 10.5. The molecule has 29 heavy (non-hydrogen) atoms. The van der Waals surface area contributed by atoms with E-state index in [1.807, 2.05) is 32.1 Å². The van der Waals surface area contributed by atoms with Gasteiger partial charge in [0.15, 0.2) is 12.2 Å². The summed E-state index contributed by atoms with van der Waals surface area (Å²) in [5, 5.41) is 26.7. The van der Waals surface area contributed by atoms with Crippen LogP contribution < -0.4 is 16.1 Å². The number of aliphatic hydroxyl groups is 2. The van der Waals surface area contributed by atoms with Crippen LogP contribution in [0.15, 0.2) is 24.3 Å². The van der Waals surface area contributed by atoms with Crippen molar-refractivity contribution in [2.24, 2.45) is 5.41 Å². The molecule has 0 saturated carbocycles. The fraction of sp³-hybridized carbons (Fsp3) is 0.619. The highest BCUT2D eigenvalue weighted by atomic mass is 16.3. The van der Waals surface area contributed by atoms with Gasteiger partial charge >= 0.3 is 0 Å². The summed E-state index contributed by atoms with van der Waals surface area (Å²) in [7, 11) is 1.98. The summed E-state index contributed by atoms with van der Waals surface area (Å²) in [5.41, 5.74) is 2.24. The fourth-order valence-corrected chi connectivity index (χ4v) is 4.36.